The van der Waals surface area contributed by atoms with Crippen LogP contribution < -0.4 is 0 Å². The molecule has 3 rings (SSSR count). The van der Waals surface area contributed by atoms with Gasteiger partial charge in [0.1, 0.15) is 5.75 Å². The summed E-state index contributed by atoms with van der Waals surface area (Å²) in [5.41, 5.74) is 5.03. The number of benzene rings is 2. The Balaban J connectivity index is 0.00000176. The molecule has 2 heteroatoms. The average molecular weight is 334 g/mol. The minimum absolute atomic E-state index is 0. The molecular weight excluding hydrogens is 311 g/mol. The van der Waals surface area contributed by atoms with Crippen molar-refractivity contribution in [3.8, 4) is 5.75 Å². The molecule has 1 saturated carbocycles. The molecule has 2 aromatic rings. The molecule has 0 amide bonds. The molecule has 0 saturated heterocycles. The predicted molar refractivity (Wildman–Crippen MR) is 86.7 cm³/mol. The number of phenols is 1. The van der Waals surface area contributed by atoms with E-state index in [-0.39, 0.29) is 22.5 Å². The first-order valence-corrected chi connectivity index (χ1v) is 7.91. The first kappa shape index (κ1) is 17.1. The van der Waals surface area contributed by atoms with E-state index in [1.807, 2.05) is 19.1 Å². The Morgan fingerprint density at radius 1 is 0.955 bits per heavy atom. The van der Waals surface area contributed by atoms with E-state index >= 15 is 0 Å². The second kappa shape index (κ2) is 6.89. The first-order chi connectivity index (χ1) is 10.1. The molecule has 2 aromatic carbocycles. The Morgan fingerprint density at radius 3 is 2.27 bits per heavy atom. The summed E-state index contributed by atoms with van der Waals surface area (Å²) in [6, 6.07) is 16.0. The summed E-state index contributed by atoms with van der Waals surface area (Å²) >= 11 is 0. The Labute approximate surface area is 144 Å². The van der Waals surface area contributed by atoms with Gasteiger partial charge in [-0.2, -0.15) is 29.8 Å². The summed E-state index contributed by atoms with van der Waals surface area (Å²) in [6.45, 7) is 4.10. The molecule has 0 aliphatic heterocycles. The summed E-state index contributed by atoms with van der Waals surface area (Å²) in [4.78, 5) is 0. The van der Waals surface area contributed by atoms with Crippen molar-refractivity contribution in [3.05, 3.63) is 64.7 Å². The van der Waals surface area contributed by atoms with Crippen molar-refractivity contribution < 1.29 is 22.2 Å². The number of phenolic OH excluding ortho intramolecular Hbond substituents is 1. The summed E-state index contributed by atoms with van der Waals surface area (Å²) < 4.78 is 0. The fraction of sp³-hybridized carbons (Fsp3) is 0.400. The topological polar surface area (TPSA) is 20.2 Å². The van der Waals surface area contributed by atoms with E-state index < -0.39 is 0 Å². The Morgan fingerprint density at radius 2 is 1.64 bits per heavy atom. The van der Waals surface area contributed by atoms with Crippen LogP contribution in [0.25, 0.3) is 0 Å². The Kier molecular flexibility index (Phi) is 5.36. The van der Waals surface area contributed by atoms with Gasteiger partial charge in [-0.3, -0.25) is 0 Å². The molecule has 1 aliphatic carbocycles. The van der Waals surface area contributed by atoms with E-state index in [0.717, 1.165) is 5.56 Å². The Bertz CT molecular complexity index is 642. The van der Waals surface area contributed by atoms with Gasteiger partial charge in [-0.1, -0.05) is 38.3 Å². The molecule has 1 aliphatic rings. The van der Waals surface area contributed by atoms with Gasteiger partial charge in [0, 0.05) is 17.1 Å². The molecule has 0 unspecified atom stereocenters. The molecule has 0 aromatic heterocycles. The van der Waals surface area contributed by atoms with Crippen LogP contribution in [0.1, 0.15) is 54.4 Å². The van der Waals surface area contributed by atoms with Crippen molar-refractivity contribution in [3.63, 3.8) is 0 Å². The molecule has 1 N–H and O–H groups in total. The van der Waals surface area contributed by atoms with E-state index in [1.165, 1.54) is 48.8 Å². The van der Waals surface area contributed by atoms with Crippen molar-refractivity contribution in [2.45, 2.75) is 51.4 Å². The Hall–Kier alpha value is -1.24. The molecule has 0 atom stereocenters. The molecular formula is C20H23MnO-. The van der Waals surface area contributed by atoms with Crippen molar-refractivity contribution in [2.24, 2.45) is 0 Å². The SMILES string of the molecule is Cc1[c-]ccc(C2(c3ccc(O)c(C)c3)CCCCC2)c1.[Mn]. The van der Waals surface area contributed by atoms with Gasteiger partial charge in [-0.15, -0.1) is 5.56 Å². The monoisotopic (exact) mass is 334 g/mol. The molecule has 0 bridgehead atoms. The molecule has 0 spiro atoms. The number of hydrogen-bond acceptors (Lipinski definition) is 1. The molecule has 1 radical (unpaired) electrons. The van der Waals surface area contributed by atoms with E-state index in [1.54, 1.807) is 0 Å². The number of hydrogen-bond donors (Lipinski definition) is 1. The summed E-state index contributed by atoms with van der Waals surface area (Å²) in [7, 11) is 0. The van der Waals surface area contributed by atoms with Crippen LogP contribution in [-0.4, -0.2) is 5.11 Å². The fourth-order valence-corrected chi connectivity index (χ4v) is 3.74. The summed E-state index contributed by atoms with van der Waals surface area (Å²) in [5.74, 6) is 0.391. The van der Waals surface area contributed by atoms with Gasteiger partial charge in [0.25, 0.3) is 0 Å². The maximum Gasteiger partial charge on any atom is 0.118 e. The van der Waals surface area contributed by atoms with Gasteiger partial charge in [0.05, 0.1) is 0 Å². The number of rotatable bonds is 2. The van der Waals surface area contributed by atoms with Crippen LogP contribution in [0.2, 0.25) is 0 Å². The van der Waals surface area contributed by atoms with E-state index in [4.69, 9.17) is 0 Å². The quantitative estimate of drug-likeness (QED) is 0.601. The van der Waals surface area contributed by atoms with Crippen LogP contribution in [0.4, 0.5) is 0 Å². The molecule has 1 nitrogen and oxygen atoms in total. The maximum absolute atomic E-state index is 9.84. The molecule has 1 fully saturated rings. The third-order valence-corrected chi connectivity index (χ3v) is 4.95. The maximum atomic E-state index is 9.84. The predicted octanol–water partition coefficient (Wildman–Crippen LogP) is 5.06. The minimum Gasteiger partial charge on any atom is -0.508 e. The number of aryl methyl sites for hydroxylation is 2. The zero-order valence-electron chi connectivity index (χ0n) is 13.3. The largest absolute Gasteiger partial charge is 0.508 e. The zero-order valence-corrected chi connectivity index (χ0v) is 14.5. The smallest absolute Gasteiger partial charge is 0.118 e. The minimum atomic E-state index is 0. The molecule has 0 heterocycles. The van der Waals surface area contributed by atoms with Gasteiger partial charge in [0.15, 0.2) is 0 Å². The van der Waals surface area contributed by atoms with E-state index in [0.29, 0.717) is 5.75 Å². The van der Waals surface area contributed by atoms with E-state index in [2.05, 4.69) is 37.3 Å². The van der Waals surface area contributed by atoms with Crippen LogP contribution in [0.15, 0.2) is 36.4 Å². The fourth-order valence-electron chi connectivity index (χ4n) is 3.74. The van der Waals surface area contributed by atoms with Gasteiger partial charge < -0.3 is 5.11 Å². The second-order valence-corrected chi connectivity index (χ2v) is 6.40. The van der Waals surface area contributed by atoms with Crippen LogP contribution in [-0.2, 0) is 22.5 Å². The summed E-state index contributed by atoms with van der Waals surface area (Å²) in [5, 5.41) is 9.84. The van der Waals surface area contributed by atoms with Crippen LogP contribution >= 0.6 is 0 Å². The van der Waals surface area contributed by atoms with Crippen LogP contribution in [0, 0.1) is 19.9 Å². The van der Waals surface area contributed by atoms with Crippen molar-refractivity contribution in [2.75, 3.05) is 0 Å². The van der Waals surface area contributed by atoms with Gasteiger partial charge in [-0.25, -0.2) is 0 Å². The van der Waals surface area contributed by atoms with E-state index in [9.17, 15) is 5.11 Å². The third-order valence-electron chi connectivity index (χ3n) is 4.95. The molecule has 22 heavy (non-hydrogen) atoms. The van der Waals surface area contributed by atoms with Gasteiger partial charge >= 0.3 is 0 Å². The average Bonchev–Trinajstić information content (AvgIpc) is 2.51. The van der Waals surface area contributed by atoms with Crippen molar-refractivity contribution >= 4 is 0 Å². The summed E-state index contributed by atoms with van der Waals surface area (Å²) in [6.07, 6.45) is 6.27. The van der Waals surface area contributed by atoms with Crippen molar-refractivity contribution in [1.82, 2.24) is 0 Å². The van der Waals surface area contributed by atoms with Gasteiger partial charge in [-0.05, 0) is 42.4 Å². The zero-order chi connectivity index (χ0) is 14.9. The normalized spacial score (nSPS) is 16.8. The van der Waals surface area contributed by atoms with Gasteiger partial charge in [0.2, 0.25) is 0 Å². The second-order valence-electron chi connectivity index (χ2n) is 6.40. The number of aromatic hydroxyl groups is 1. The molecule has 117 valence electrons. The van der Waals surface area contributed by atoms with Crippen LogP contribution in [0.3, 0.4) is 0 Å². The first-order valence-electron chi connectivity index (χ1n) is 7.91. The standard InChI is InChI=1S/C20H23O.Mn/c1-15-7-6-8-17(13-15)20(11-4-3-5-12-20)18-9-10-19(21)16(2)14-18;/h6,8-10,13-14,21H,3-5,11-12H2,1-2H3;/q-1;. The van der Waals surface area contributed by atoms with Crippen LogP contribution in [0.5, 0.6) is 5.75 Å². The van der Waals surface area contributed by atoms with Crippen molar-refractivity contribution in [1.29, 1.82) is 0 Å². The third kappa shape index (κ3) is 3.09.